The van der Waals surface area contributed by atoms with Gasteiger partial charge in [0.05, 0.1) is 5.02 Å². The molecule has 126 valence electrons. The molecular formula is C16H20ClF2N3O. The molecule has 0 bridgehead atoms. The molecule has 0 spiro atoms. The molecule has 1 amide bonds. The van der Waals surface area contributed by atoms with E-state index in [1.807, 2.05) is 6.07 Å². The lowest BCUT2D eigenvalue weighted by molar-refractivity contribution is -0.140. The number of amides is 1. The summed E-state index contributed by atoms with van der Waals surface area (Å²) in [7, 11) is 0. The minimum atomic E-state index is -2.59. The Bertz CT molecular complexity index is 549. The van der Waals surface area contributed by atoms with E-state index in [9.17, 15) is 13.6 Å². The number of nitrogens with zero attached hydrogens (tertiary/aromatic N) is 3. The summed E-state index contributed by atoms with van der Waals surface area (Å²) in [5.41, 5.74) is 0. The van der Waals surface area contributed by atoms with Crippen LogP contribution in [-0.4, -0.2) is 47.9 Å². The third-order valence-corrected chi connectivity index (χ3v) is 4.92. The van der Waals surface area contributed by atoms with Crippen LogP contribution in [0.3, 0.4) is 0 Å². The minimum Gasteiger partial charge on any atom is -0.353 e. The fourth-order valence-electron chi connectivity index (χ4n) is 3.26. The Hall–Kier alpha value is -1.43. The topological polar surface area (TPSA) is 36.4 Å². The molecule has 3 rings (SSSR count). The van der Waals surface area contributed by atoms with Crippen molar-refractivity contribution in [1.29, 1.82) is 0 Å². The lowest BCUT2D eigenvalue weighted by Crippen LogP contribution is -2.51. The first-order valence-corrected chi connectivity index (χ1v) is 8.35. The molecule has 1 saturated carbocycles. The van der Waals surface area contributed by atoms with Crippen molar-refractivity contribution in [2.45, 2.75) is 31.6 Å². The second kappa shape index (κ2) is 6.59. The van der Waals surface area contributed by atoms with E-state index in [2.05, 4.69) is 9.88 Å². The second-order valence-corrected chi connectivity index (χ2v) is 6.71. The summed E-state index contributed by atoms with van der Waals surface area (Å²) in [5, 5.41) is 0.594. The van der Waals surface area contributed by atoms with Gasteiger partial charge in [0.1, 0.15) is 5.82 Å². The van der Waals surface area contributed by atoms with Gasteiger partial charge in [-0.25, -0.2) is 13.8 Å². The second-order valence-electron chi connectivity index (χ2n) is 6.28. The van der Waals surface area contributed by atoms with E-state index in [0.29, 0.717) is 44.0 Å². The maximum atomic E-state index is 13.2. The van der Waals surface area contributed by atoms with Gasteiger partial charge in [0.25, 0.3) is 0 Å². The van der Waals surface area contributed by atoms with Crippen molar-refractivity contribution in [2.24, 2.45) is 5.92 Å². The number of halogens is 3. The van der Waals surface area contributed by atoms with Crippen LogP contribution in [-0.2, 0) is 4.79 Å². The summed E-state index contributed by atoms with van der Waals surface area (Å²) in [6, 6.07) is 3.66. The smallest absolute Gasteiger partial charge is 0.248 e. The summed E-state index contributed by atoms with van der Waals surface area (Å²) in [6.07, 6.45) is 1.86. The molecular weight excluding hydrogens is 324 g/mol. The van der Waals surface area contributed by atoms with Gasteiger partial charge in [0.2, 0.25) is 11.8 Å². The Labute approximate surface area is 139 Å². The number of alkyl halides is 2. The van der Waals surface area contributed by atoms with Crippen molar-refractivity contribution in [3.63, 3.8) is 0 Å². The van der Waals surface area contributed by atoms with Gasteiger partial charge in [0.15, 0.2) is 0 Å². The molecule has 0 unspecified atom stereocenters. The van der Waals surface area contributed by atoms with Crippen molar-refractivity contribution in [2.75, 3.05) is 31.1 Å². The number of hydrogen-bond acceptors (Lipinski definition) is 3. The maximum Gasteiger partial charge on any atom is 0.248 e. The van der Waals surface area contributed by atoms with Gasteiger partial charge in [-0.1, -0.05) is 11.6 Å². The zero-order valence-electron chi connectivity index (χ0n) is 12.9. The molecule has 1 aromatic rings. The lowest BCUT2D eigenvalue weighted by Gasteiger charge is -2.38. The van der Waals surface area contributed by atoms with Crippen LogP contribution in [0.15, 0.2) is 18.3 Å². The van der Waals surface area contributed by atoms with E-state index in [-0.39, 0.29) is 24.7 Å². The molecule has 0 radical (unpaired) electrons. The van der Waals surface area contributed by atoms with E-state index in [0.717, 1.165) is 5.82 Å². The highest BCUT2D eigenvalue weighted by Crippen LogP contribution is 2.37. The summed E-state index contributed by atoms with van der Waals surface area (Å²) in [6.45, 7) is 2.61. The number of carbonyl (C=O) groups excluding carboxylic acids is 1. The first-order chi connectivity index (χ1) is 10.9. The van der Waals surface area contributed by atoms with Crippen LogP contribution >= 0.6 is 11.6 Å². The monoisotopic (exact) mass is 343 g/mol. The normalized spacial score (nSPS) is 22.2. The van der Waals surface area contributed by atoms with Gasteiger partial charge < -0.3 is 9.80 Å². The van der Waals surface area contributed by atoms with Crippen LogP contribution in [0.2, 0.25) is 5.02 Å². The molecule has 1 aromatic heterocycles. The highest BCUT2D eigenvalue weighted by molar-refractivity contribution is 6.30. The summed E-state index contributed by atoms with van der Waals surface area (Å²) in [4.78, 5) is 20.7. The van der Waals surface area contributed by atoms with Crippen LogP contribution in [0.4, 0.5) is 14.6 Å². The minimum absolute atomic E-state index is 0.0317. The lowest BCUT2D eigenvalue weighted by atomic mass is 9.86. The number of hydrogen-bond donors (Lipinski definition) is 0. The number of aromatic nitrogens is 1. The number of pyridine rings is 1. The van der Waals surface area contributed by atoms with Gasteiger partial charge in [-0.05, 0) is 25.0 Å². The zero-order chi connectivity index (χ0) is 16.4. The summed E-state index contributed by atoms with van der Waals surface area (Å²) in [5.74, 6) is -1.95. The molecule has 4 nitrogen and oxygen atoms in total. The number of piperazine rings is 1. The van der Waals surface area contributed by atoms with Crippen molar-refractivity contribution in [1.82, 2.24) is 9.88 Å². The molecule has 1 saturated heterocycles. The summed E-state index contributed by atoms with van der Waals surface area (Å²) >= 11 is 5.83. The Balaban J connectivity index is 1.52. The average molecular weight is 344 g/mol. The van der Waals surface area contributed by atoms with E-state index >= 15 is 0 Å². The molecule has 0 N–H and O–H groups in total. The number of rotatable bonds is 2. The SMILES string of the molecule is O=C(C1CCC(F)(F)CC1)N1CCN(c2ccc(Cl)cn2)CC1. The number of anilines is 1. The largest absolute Gasteiger partial charge is 0.353 e. The van der Waals surface area contributed by atoms with Crippen molar-refractivity contribution >= 4 is 23.3 Å². The van der Waals surface area contributed by atoms with Crippen LogP contribution < -0.4 is 4.90 Å². The van der Waals surface area contributed by atoms with Gasteiger partial charge >= 0.3 is 0 Å². The van der Waals surface area contributed by atoms with Crippen LogP contribution in [0, 0.1) is 5.92 Å². The van der Waals surface area contributed by atoms with Crippen molar-refractivity contribution in [3.05, 3.63) is 23.4 Å². The maximum absolute atomic E-state index is 13.2. The quantitative estimate of drug-likeness (QED) is 0.827. The van der Waals surface area contributed by atoms with Gasteiger partial charge in [-0.15, -0.1) is 0 Å². The zero-order valence-corrected chi connectivity index (χ0v) is 13.6. The number of carbonyl (C=O) groups is 1. The van der Waals surface area contributed by atoms with E-state index in [1.165, 1.54) is 0 Å². The predicted molar refractivity (Wildman–Crippen MR) is 84.9 cm³/mol. The van der Waals surface area contributed by atoms with E-state index < -0.39 is 5.92 Å². The molecule has 23 heavy (non-hydrogen) atoms. The van der Waals surface area contributed by atoms with Gasteiger partial charge in [0, 0.05) is 51.1 Å². The van der Waals surface area contributed by atoms with E-state index in [1.54, 1.807) is 17.2 Å². The van der Waals surface area contributed by atoms with Crippen LogP contribution in [0.5, 0.6) is 0 Å². The molecule has 7 heteroatoms. The first kappa shape index (κ1) is 16.4. The molecule has 1 aliphatic heterocycles. The predicted octanol–water partition coefficient (Wildman–Crippen LogP) is 3.21. The highest BCUT2D eigenvalue weighted by atomic mass is 35.5. The fourth-order valence-corrected chi connectivity index (χ4v) is 3.37. The van der Waals surface area contributed by atoms with Crippen LogP contribution in [0.1, 0.15) is 25.7 Å². The van der Waals surface area contributed by atoms with Gasteiger partial charge in [-0.3, -0.25) is 4.79 Å². The third kappa shape index (κ3) is 3.91. The highest BCUT2D eigenvalue weighted by Gasteiger charge is 2.39. The summed E-state index contributed by atoms with van der Waals surface area (Å²) < 4.78 is 26.4. The average Bonchev–Trinajstić information content (AvgIpc) is 2.55. The molecule has 2 fully saturated rings. The first-order valence-electron chi connectivity index (χ1n) is 7.98. The van der Waals surface area contributed by atoms with E-state index in [4.69, 9.17) is 11.6 Å². The standard InChI is InChI=1S/C16H20ClF2N3O/c17-13-1-2-14(20-11-13)21-7-9-22(10-8-21)15(23)12-3-5-16(18,19)6-4-12/h1-2,11-12H,3-10H2. The third-order valence-electron chi connectivity index (χ3n) is 4.69. The Morgan fingerprint density at radius 1 is 1.17 bits per heavy atom. The molecule has 2 aliphatic rings. The van der Waals surface area contributed by atoms with Crippen molar-refractivity contribution < 1.29 is 13.6 Å². The fraction of sp³-hybridized carbons (Fsp3) is 0.625. The Morgan fingerprint density at radius 3 is 2.39 bits per heavy atom. The Morgan fingerprint density at radius 2 is 1.83 bits per heavy atom. The molecule has 0 aromatic carbocycles. The van der Waals surface area contributed by atoms with Gasteiger partial charge in [-0.2, -0.15) is 0 Å². The van der Waals surface area contributed by atoms with Crippen molar-refractivity contribution in [3.8, 4) is 0 Å². The molecule has 2 heterocycles. The molecule has 0 atom stereocenters. The molecule has 1 aliphatic carbocycles. The van der Waals surface area contributed by atoms with Crippen LogP contribution in [0.25, 0.3) is 0 Å². The Kier molecular flexibility index (Phi) is 4.71.